The molecule has 74 valence electrons. The van der Waals surface area contributed by atoms with E-state index in [4.69, 9.17) is 4.74 Å². The molecule has 5 atom stereocenters. The quantitative estimate of drug-likeness (QED) is 0.537. The van der Waals surface area contributed by atoms with Crippen LogP contribution in [0.15, 0.2) is 0 Å². The van der Waals surface area contributed by atoms with E-state index < -0.39 is 0 Å². The first-order valence-electron chi connectivity index (χ1n) is 5.31. The van der Waals surface area contributed by atoms with Crippen molar-refractivity contribution in [2.45, 2.75) is 39.7 Å². The van der Waals surface area contributed by atoms with Crippen molar-refractivity contribution in [2.24, 2.45) is 23.7 Å². The lowest BCUT2D eigenvalue weighted by Crippen LogP contribution is -2.42. The molecule has 0 bridgehead atoms. The van der Waals surface area contributed by atoms with E-state index in [9.17, 15) is 4.79 Å². The first kappa shape index (κ1) is 9.04. The van der Waals surface area contributed by atoms with Crippen LogP contribution in [0.2, 0.25) is 0 Å². The zero-order valence-corrected chi connectivity index (χ0v) is 8.62. The zero-order chi connectivity index (χ0) is 9.59. The van der Waals surface area contributed by atoms with E-state index in [2.05, 4.69) is 13.8 Å². The molecule has 2 aliphatic rings. The van der Waals surface area contributed by atoms with Gasteiger partial charge in [0.25, 0.3) is 0 Å². The van der Waals surface area contributed by atoms with Gasteiger partial charge >= 0.3 is 5.97 Å². The number of carbonyl (C=O) groups excluding carboxylic acids is 1. The lowest BCUT2D eigenvalue weighted by Gasteiger charge is -2.36. The number of hydrogen-bond acceptors (Lipinski definition) is 2. The number of cyclic esters (lactones) is 1. The molecule has 2 rings (SSSR count). The van der Waals surface area contributed by atoms with Crippen molar-refractivity contribution in [1.29, 1.82) is 0 Å². The molecule has 2 nitrogen and oxygen atoms in total. The average Bonchev–Trinajstić information content (AvgIpc) is 2.44. The van der Waals surface area contributed by atoms with Gasteiger partial charge in [-0.05, 0) is 37.5 Å². The highest BCUT2D eigenvalue weighted by Crippen LogP contribution is 2.46. The van der Waals surface area contributed by atoms with E-state index in [0.29, 0.717) is 17.8 Å². The maximum Gasteiger partial charge on any atom is 0.309 e. The van der Waals surface area contributed by atoms with Gasteiger partial charge in [-0.25, -0.2) is 0 Å². The summed E-state index contributed by atoms with van der Waals surface area (Å²) in [6.07, 6.45) is 2.53. The number of fused-ring (bicyclic) bond motifs is 1. The summed E-state index contributed by atoms with van der Waals surface area (Å²) in [7, 11) is 0. The maximum absolute atomic E-state index is 11.6. The van der Waals surface area contributed by atoms with E-state index >= 15 is 0 Å². The van der Waals surface area contributed by atoms with Crippen LogP contribution in [0.25, 0.3) is 0 Å². The Bertz CT molecular complexity index is 224. The molecule has 2 fully saturated rings. The molecular formula is C11H18O2. The molecule has 1 heterocycles. The smallest absolute Gasteiger partial charge is 0.309 e. The lowest BCUT2D eigenvalue weighted by molar-refractivity contribution is -0.169. The summed E-state index contributed by atoms with van der Waals surface area (Å²) in [5.41, 5.74) is 0. The van der Waals surface area contributed by atoms with Gasteiger partial charge in [0.05, 0.1) is 5.92 Å². The fourth-order valence-electron chi connectivity index (χ4n) is 2.95. The summed E-state index contributed by atoms with van der Waals surface area (Å²) in [4.78, 5) is 11.6. The molecular weight excluding hydrogens is 164 g/mol. The van der Waals surface area contributed by atoms with Gasteiger partial charge in [0, 0.05) is 0 Å². The fourth-order valence-corrected chi connectivity index (χ4v) is 2.95. The van der Waals surface area contributed by atoms with Crippen LogP contribution >= 0.6 is 0 Å². The molecule has 0 unspecified atom stereocenters. The molecule has 0 aromatic heterocycles. The minimum absolute atomic E-state index is 0.0561. The van der Waals surface area contributed by atoms with Gasteiger partial charge < -0.3 is 4.74 Å². The molecule has 1 saturated heterocycles. The van der Waals surface area contributed by atoms with Gasteiger partial charge in [-0.2, -0.15) is 0 Å². The summed E-state index contributed by atoms with van der Waals surface area (Å²) in [5.74, 6) is 1.93. The third-order valence-electron chi connectivity index (χ3n) is 4.02. The molecule has 0 N–H and O–H groups in total. The highest BCUT2D eigenvalue weighted by molar-refractivity contribution is 5.74. The second-order valence-electron chi connectivity index (χ2n) is 4.75. The Morgan fingerprint density at radius 3 is 2.62 bits per heavy atom. The van der Waals surface area contributed by atoms with Crippen molar-refractivity contribution in [3.05, 3.63) is 0 Å². The monoisotopic (exact) mass is 182 g/mol. The molecule has 1 saturated carbocycles. The molecule has 0 aromatic carbocycles. The van der Waals surface area contributed by atoms with Crippen molar-refractivity contribution >= 4 is 5.97 Å². The Morgan fingerprint density at radius 2 is 1.92 bits per heavy atom. The normalized spacial score (nSPS) is 50.1. The van der Waals surface area contributed by atoms with Crippen molar-refractivity contribution < 1.29 is 9.53 Å². The van der Waals surface area contributed by atoms with Crippen LogP contribution < -0.4 is 0 Å². The molecule has 1 aliphatic heterocycles. The predicted molar refractivity (Wildman–Crippen MR) is 50.1 cm³/mol. The van der Waals surface area contributed by atoms with E-state index in [0.717, 1.165) is 0 Å². The Hall–Kier alpha value is -0.530. The SMILES string of the molecule is C[C@@H]1[C@H]2CC[C@H](C)[C@H]2C(=O)O[C@@H]1C. The standard InChI is InChI=1S/C11H18O2/c1-6-4-5-9-7(2)8(3)13-11(12)10(6)9/h6-10H,4-5H2,1-3H3/t6-,7-,8+,9+,10+/m0/s1. The fraction of sp³-hybridized carbons (Fsp3) is 0.909. The highest BCUT2D eigenvalue weighted by Gasteiger charge is 2.47. The molecule has 0 spiro atoms. The average molecular weight is 182 g/mol. The largest absolute Gasteiger partial charge is 0.462 e. The van der Waals surface area contributed by atoms with Crippen LogP contribution in [-0.2, 0) is 9.53 Å². The first-order chi connectivity index (χ1) is 6.11. The van der Waals surface area contributed by atoms with Crippen LogP contribution in [-0.4, -0.2) is 12.1 Å². The second-order valence-corrected chi connectivity index (χ2v) is 4.75. The Morgan fingerprint density at radius 1 is 1.23 bits per heavy atom. The molecule has 0 aromatic rings. The number of ether oxygens (including phenoxy) is 1. The Kier molecular flexibility index (Phi) is 2.09. The summed E-state index contributed by atoms with van der Waals surface area (Å²) >= 11 is 0. The van der Waals surface area contributed by atoms with Gasteiger partial charge in [0.2, 0.25) is 0 Å². The summed E-state index contributed by atoms with van der Waals surface area (Å²) < 4.78 is 5.34. The van der Waals surface area contributed by atoms with Crippen LogP contribution in [0.4, 0.5) is 0 Å². The van der Waals surface area contributed by atoms with Crippen molar-refractivity contribution in [1.82, 2.24) is 0 Å². The van der Waals surface area contributed by atoms with Gasteiger partial charge in [-0.3, -0.25) is 4.79 Å². The maximum atomic E-state index is 11.6. The van der Waals surface area contributed by atoms with E-state index in [1.807, 2.05) is 6.92 Å². The summed E-state index contributed by atoms with van der Waals surface area (Å²) in [6, 6.07) is 0. The van der Waals surface area contributed by atoms with Crippen LogP contribution in [0, 0.1) is 23.7 Å². The van der Waals surface area contributed by atoms with Gasteiger partial charge in [0.1, 0.15) is 6.10 Å². The molecule has 1 aliphatic carbocycles. The molecule has 13 heavy (non-hydrogen) atoms. The van der Waals surface area contributed by atoms with Crippen LogP contribution in [0.5, 0.6) is 0 Å². The van der Waals surface area contributed by atoms with Crippen molar-refractivity contribution in [3.8, 4) is 0 Å². The third-order valence-corrected chi connectivity index (χ3v) is 4.02. The number of carbonyl (C=O) groups is 1. The zero-order valence-electron chi connectivity index (χ0n) is 8.62. The Balaban J connectivity index is 2.21. The van der Waals surface area contributed by atoms with E-state index in [1.54, 1.807) is 0 Å². The number of esters is 1. The van der Waals surface area contributed by atoms with Crippen molar-refractivity contribution in [3.63, 3.8) is 0 Å². The summed E-state index contributed by atoms with van der Waals surface area (Å²) in [5, 5.41) is 0. The lowest BCUT2D eigenvalue weighted by atomic mass is 9.78. The van der Waals surface area contributed by atoms with Crippen LogP contribution in [0.3, 0.4) is 0 Å². The molecule has 0 amide bonds. The van der Waals surface area contributed by atoms with E-state index in [1.165, 1.54) is 12.8 Å². The summed E-state index contributed by atoms with van der Waals surface area (Å²) in [6.45, 7) is 6.41. The predicted octanol–water partition coefficient (Wildman–Crippen LogP) is 2.23. The number of hydrogen-bond donors (Lipinski definition) is 0. The second kappa shape index (κ2) is 3.00. The Labute approximate surface area is 79.7 Å². The molecule has 0 radical (unpaired) electrons. The van der Waals surface area contributed by atoms with Gasteiger partial charge in [-0.15, -0.1) is 0 Å². The topological polar surface area (TPSA) is 26.3 Å². The van der Waals surface area contributed by atoms with E-state index in [-0.39, 0.29) is 18.0 Å². The molecule has 2 heteroatoms. The number of rotatable bonds is 0. The minimum Gasteiger partial charge on any atom is -0.462 e. The highest BCUT2D eigenvalue weighted by atomic mass is 16.5. The van der Waals surface area contributed by atoms with Gasteiger partial charge in [-0.1, -0.05) is 13.8 Å². The van der Waals surface area contributed by atoms with Crippen LogP contribution in [0.1, 0.15) is 33.6 Å². The van der Waals surface area contributed by atoms with Gasteiger partial charge in [0.15, 0.2) is 0 Å². The third kappa shape index (κ3) is 1.27. The first-order valence-corrected chi connectivity index (χ1v) is 5.31. The van der Waals surface area contributed by atoms with Crippen molar-refractivity contribution in [2.75, 3.05) is 0 Å². The minimum atomic E-state index is 0.0561.